The zero-order valence-corrected chi connectivity index (χ0v) is 38.0. The minimum atomic E-state index is 1.10. The summed E-state index contributed by atoms with van der Waals surface area (Å²) in [4.78, 5) is 0. The molecule has 15 rings (SSSR count). The van der Waals surface area contributed by atoms with Gasteiger partial charge in [0.15, 0.2) is 0 Å². The van der Waals surface area contributed by atoms with Crippen LogP contribution >= 0.6 is 0 Å². The van der Waals surface area contributed by atoms with Crippen LogP contribution in [-0.4, -0.2) is 18.3 Å². The van der Waals surface area contributed by atoms with E-state index in [1.54, 1.807) is 0 Å². The summed E-state index contributed by atoms with van der Waals surface area (Å²) in [7, 11) is 0. The van der Waals surface area contributed by atoms with Crippen LogP contribution in [0.2, 0.25) is 0 Å². The number of para-hydroxylation sites is 6. The second-order valence-corrected chi connectivity index (χ2v) is 18.4. The van der Waals surface area contributed by atoms with Crippen molar-refractivity contribution in [2.45, 2.75) is 0 Å². The molecule has 0 saturated heterocycles. The summed E-state index contributed by atoms with van der Waals surface area (Å²) in [5.74, 6) is 0. The van der Waals surface area contributed by atoms with E-state index in [0.29, 0.717) is 0 Å². The van der Waals surface area contributed by atoms with Gasteiger partial charge in [0.2, 0.25) is 0 Å². The largest absolute Gasteiger partial charge is 0.307 e. The third-order valence-corrected chi connectivity index (χ3v) is 14.7. The lowest BCUT2D eigenvalue weighted by Gasteiger charge is -2.23. The van der Waals surface area contributed by atoms with E-state index in [1.165, 1.54) is 76.2 Å². The van der Waals surface area contributed by atoms with Gasteiger partial charge in [-0.2, -0.15) is 0 Å². The molecule has 4 heteroatoms. The summed E-state index contributed by atoms with van der Waals surface area (Å²) in [6.07, 6.45) is 0. The van der Waals surface area contributed by atoms with E-state index in [0.717, 1.165) is 56.0 Å². The van der Waals surface area contributed by atoms with Gasteiger partial charge in [0, 0.05) is 60.0 Å². The molecule has 4 aromatic heterocycles. The molecule has 4 nitrogen and oxygen atoms in total. The summed E-state index contributed by atoms with van der Waals surface area (Å²) in [5, 5.41) is 9.72. The standard InChI is InChI=1S/C66H42N4/c1-5-21-43(22-6-1)45-41-60(69-58-35-19-15-31-50(58)54-39-37-52-48-29-13-17-33-56(48)67(63(52)65(54)69)46-25-9-3-10-26-46)62(44-23-7-2-8-24-44)61(42-45)70-59-36-20-16-32-51(59)55-40-38-53-49-30-14-18-34-57(49)68(64(53)66(55)70)47-27-11-4-12-28-47/h1-42H. The number of hydrogen-bond donors (Lipinski definition) is 0. The quantitative estimate of drug-likeness (QED) is 0.158. The maximum absolute atomic E-state index is 2.59. The van der Waals surface area contributed by atoms with Crippen LogP contribution in [0.4, 0.5) is 0 Å². The van der Waals surface area contributed by atoms with Crippen molar-refractivity contribution in [1.29, 1.82) is 0 Å². The van der Waals surface area contributed by atoms with E-state index in [2.05, 4.69) is 273 Å². The lowest BCUT2D eigenvalue weighted by atomic mass is 9.95. The first-order chi connectivity index (χ1) is 34.8. The average Bonchev–Trinajstić information content (AvgIpc) is 4.17. The number of hydrogen-bond acceptors (Lipinski definition) is 0. The summed E-state index contributed by atoms with van der Waals surface area (Å²) in [5.41, 5.74) is 18.4. The molecular formula is C66H42N4. The monoisotopic (exact) mass is 890 g/mol. The minimum absolute atomic E-state index is 1.10. The topological polar surface area (TPSA) is 19.7 Å². The minimum Gasteiger partial charge on any atom is -0.307 e. The van der Waals surface area contributed by atoms with Crippen LogP contribution in [0.1, 0.15) is 0 Å². The first-order valence-corrected chi connectivity index (χ1v) is 24.1. The predicted octanol–water partition coefficient (Wildman–Crippen LogP) is 17.4. The van der Waals surface area contributed by atoms with Crippen molar-refractivity contribution in [1.82, 2.24) is 18.3 Å². The molecule has 0 radical (unpaired) electrons. The summed E-state index contributed by atoms with van der Waals surface area (Å²) >= 11 is 0. The molecule has 0 saturated carbocycles. The van der Waals surface area contributed by atoms with E-state index in [4.69, 9.17) is 0 Å². The number of benzene rings is 11. The summed E-state index contributed by atoms with van der Waals surface area (Å²) < 4.78 is 10.2. The fourth-order valence-electron chi connectivity index (χ4n) is 11.9. The highest BCUT2D eigenvalue weighted by atomic mass is 15.1. The molecule has 4 heterocycles. The Bertz CT molecular complexity index is 4300. The van der Waals surface area contributed by atoms with E-state index >= 15 is 0 Å². The van der Waals surface area contributed by atoms with Gasteiger partial charge < -0.3 is 18.3 Å². The van der Waals surface area contributed by atoms with Crippen LogP contribution in [-0.2, 0) is 0 Å². The third-order valence-electron chi connectivity index (χ3n) is 14.7. The lowest BCUT2D eigenvalue weighted by molar-refractivity contribution is 1.12. The highest BCUT2D eigenvalue weighted by molar-refractivity contribution is 6.26. The molecule has 0 spiro atoms. The summed E-state index contributed by atoms with van der Waals surface area (Å²) in [6, 6.07) is 93.7. The maximum Gasteiger partial charge on any atom is 0.0789 e. The van der Waals surface area contributed by atoms with Gasteiger partial charge in [-0.1, -0.05) is 194 Å². The van der Waals surface area contributed by atoms with E-state index in [1.807, 2.05) is 0 Å². The van der Waals surface area contributed by atoms with Crippen LogP contribution in [0.15, 0.2) is 255 Å². The van der Waals surface area contributed by atoms with Gasteiger partial charge >= 0.3 is 0 Å². The van der Waals surface area contributed by atoms with Crippen molar-refractivity contribution < 1.29 is 0 Å². The van der Waals surface area contributed by atoms with Gasteiger partial charge in [-0.3, -0.25) is 0 Å². The van der Waals surface area contributed by atoms with Crippen molar-refractivity contribution in [2.75, 3.05) is 0 Å². The van der Waals surface area contributed by atoms with Crippen LogP contribution in [0.25, 0.3) is 132 Å². The van der Waals surface area contributed by atoms with Crippen molar-refractivity contribution in [3.8, 4) is 45.0 Å². The zero-order chi connectivity index (χ0) is 45.9. The number of rotatable bonds is 6. The van der Waals surface area contributed by atoms with Crippen molar-refractivity contribution in [2.24, 2.45) is 0 Å². The number of aromatic nitrogens is 4. The molecule has 0 N–H and O–H groups in total. The van der Waals surface area contributed by atoms with Crippen LogP contribution < -0.4 is 0 Å². The van der Waals surface area contributed by atoms with E-state index in [-0.39, 0.29) is 0 Å². The molecule has 0 atom stereocenters. The number of nitrogens with zero attached hydrogens (tertiary/aromatic N) is 4. The molecule has 15 aromatic rings. The lowest BCUT2D eigenvalue weighted by Crippen LogP contribution is -2.06. The van der Waals surface area contributed by atoms with Crippen LogP contribution in [0.5, 0.6) is 0 Å². The first-order valence-electron chi connectivity index (χ1n) is 24.1. The third kappa shape index (κ3) is 5.47. The Labute approximate surface area is 403 Å². The second kappa shape index (κ2) is 15.1. The van der Waals surface area contributed by atoms with Gasteiger partial charge in [0.05, 0.1) is 55.5 Å². The van der Waals surface area contributed by atoms with Crippen molar-refractivity contribution in [3.05, 3.63) is 255 Å². The SMILES string of the molecule is c1ccc(-c2cc(-n3c4ccccc4c4ccc5c6ccccc6n(-c6ccccc6)c5c43)c(-c3ccccc3)c(-n3c4ccccc4c4ccc5c6ccccc6n(-c6ccccc6)c5c43)c2)cc1. The van der Waals surface area contributed by atoms with Gasteiger partial charge in [-0.15, -0.1) is 0 Å². The van der Waals surface area contributed by atoms with E-state index < -0.39 is 0 Å². The van der Waals surface area contributed by atoms with E-state index in [9.17, 15) is 0 Å². The Hall–Kier alpha value is -9.38. The Morgan fingerprint density at radius 1 is 0.200 bits per heavy atom. The Balaban J connectivity index is 1.20. The molecule has 0 fully saturated rings. The average molecular weight is 891 g/mol. The Morgan fingerprint density at radius 3 is 0.857 bits per heavy atom. The number of fused-ring (bicyclic) bond motifs is 14. The molecule has 326 valence electrons. The molecule has 0 bridgehead atoms. The molecule has 0 amide bonds. The van der Waals surface area contributed by atoms with Gasteiger partial charge in [0.1, 0.15) is 0 Å². The van der Waals surface area contributed by atoms with Crippen LogP contribution in [0.3, 0.4) is 0 Å². The predicted molar refractivity (Wildman–Crippen MR) is 295 cm³/mol. The highest BCUT2D eigenvalue weighted by Gasteiger charge is 2.28. The summed E-state index contributed by atoms with van der Waals surface area (Å²) in [6.45, 7) is 0. The van der Waals surface area contributed by atoms with Crippen LogP contribution in [0, 0.1) is 0 Å². The van der Waals surface area contributed by atoms with Gasteiger partial charge in [-0.05, 0) is 77.4 Å². The first kappa shape index (κ1) is 38.7. The zero-order valence-electron chi connectivity index (χ0n) is 38.0. The maximum atomic E-state index is 2.59. The molecule has 0 aliphatic rings. The normalized spacial score (nSPS) is 12.0. The Morgan fingerprint density at radius 2 is 0.486 bits per heavy atom. The fourth-order valence-corrected chi connectivity index (χ4v) is 11.9. The van der Waals surface area contributed by atoms with Gasteiger partial charge in [-0.25, -0.2) is 0 Å². The van der Waals surface area contributed by atoms with Crippen molar-refractivity contribution >= 4 is 87.2 Å². The Kier molecular flexibility index (Phi) is 8.33. The smallest absolute Gasteiger partial charge is 0.0789 e. The molecule has 11 aromatic carbocycles. The molecule has 0 unspecified atom stereocenters. The van der Waals surface area contributed by atoms with Gasteiger partial charge in [0.25, 0.3) is 0 Å². The molecule has 0 aliphatic heterocycles. The molecule has 70 heavy (non-hydrogen) atoms. The fraction of sp³-hybridized carbons (Fsp3) is 0. The second-order valence-electron chi connectivity index (χ2n) is 18.4. The molecular weight excluding hydrogens is 849 g/mol. The molecule has 0 aliphatic carbocycles. The van der Waals surface area contributed by atoms with Crippen molar-refractivity contribution in [3.63, 3.8) is 0 Å². The highest BCUT2D eigenvalue weighted by Crippen LogP contribution is 2.48.